The number of amides is 1. The molecule has 0 aromatic heterocycles. The van der Waals surface area contributed by atoms with E-state index in [2.05, 4.69) is 6.07 Å². The monoisotopic (exact) mass is 591 g/mol. The highest BCUT2D eigenvalue weighted by Crippen LogP contribution is 2.41. The van der Waals surface area contributed by atoms with E-state index in [1.807, 2.05) is 57.2 Å². The van der Waals surface area contributed by atoms with Crippen LogP contribution in [0.2, 0.25) is 0 Å². The Labute approximate surface area is 247 Å². The maximum Gasteiger partial charge on any atom is 0.410 e. The summed E-state index contributed by atoms with van der Waals surface area (Å²) in [5.74, 6) is -0.554. The van der Waals surface area contributed by atoms with Gasteiger partial charge in [0.2, 0.25) is 0 Å². The minimum absolute atomic E-state index is 0.0706. The first-order valence-electron chi connectivity index (χ1n) is 14.2. The van der Waals surface area contributed by atoms with Gasteiger partial charge in [0.25, 0.3) is 0 Å². The molecule has 1 spiro atoms. The van der Waals surface area contributed by atoms with Crippen molar-refractivity contribution in [3.8, 4) is 16.9 Å². The molecule has 2 heterocycles. The van der Waals surface area contributed by atoms with Crippen molar-refractivity contribution >= 4 is 21.9 Å². The zero-order chi connectivity index (χ0) is 30.1. The molecule has 0 radical (unpaired) electrons. The number of likely N-dealkylation sites (tertiary alicyclic amines) is 1. The summed E-state index contributed by atoms with van der Waals surface area (Å²) in [6.07, 6.45) is 3.03. The molecule has 0 saturated carbocycles. The van der Waals surface area contributed by atoms with Gasteiger partial charge in [0.15, 0.2) is 9.84 Å². The van der Waals surface area contributed by atoms with E-state index >= 15 is 0 Å². The number of carbonyl (C=O) groups is 2. The number of hydrogen-bond donors (Lipinski definition) is 1. The number of fused-ring (bicyclic) bond motifs is 1. The number of carbonyl (C=O) groups excluding carboxylic acids is 1. The van der Waals surface area contributed by atoms with Crippen molar-refractivity contribution < 1.29 is 32.6 Å². The molecule has 0 unspecified atom stereocenters. The van der Waals surface area contributed by atoms with Gasteiger partial charge in [-0.25, -0.2) is 18.0 Å². The number of piperidine rings is 1. The summed E-state index contributed by atoms with van der Waals surface area (Å²) in [5.41, 5.74) is 3.58. The van der Waals surface area contributed by atoms with E-state index < -0.39 is 21.4 Å². The van der Waals surface area contributed by atoms with Crippen LogP contribution in [-0.4, -0.2) is 54.8 Å². The Kier molecular flexibility index (Phi) is 8.07. The Morgan fingerprint density at radius 3 is 2.24 bits per heavy atom. The number of aryl methyl sites for hydroxylation is 1. The van der Waals surface area contributed by atoms with Crippen LogP contribution in [0.5, 0.6) is 5.75 Å². The van der Waals surface area contributed by atoms with Crippen LogP contribution in [0.1, 0.15) is 67.1 Å². The van der Waals surface area contributed by atoms with Gasteiger partial charge in [0.05, 0.1) is 17.1 Å². The van der Waals surface area contributed by atoms with E-state index in [0.29, 0.717) is 24.2 Å². The lowest BCUT2D eigenvalue weighted by molar-refractivity contribution is -0.0272. The van der Waals surface area contributed by atoms with Crippen LogP contribution >= 0.6 is 0 Å². The Morgan fingerprint density at radius 2 is 1.57 bits per heavy atom. The summed E-state index contributed by atoms with van der Waals surface area (Å²) in [6.45, 7) is 6.84. The molecule has 8 nitrogen and oxygen atoms in total. The topological polar surface area (TPSA) is 110 Å². The first kappa shape index (κ1) is 29.6. The number of sulfone groups is 1. The second kappa shape index (κ2) is 11.4. The van der Waals surface area contributed by atoms with Crippen molar-refractivity contribution in [2.45, 2.75) is 69.2 Å². The maximum atomic E-state index is 12.8. The van der Waals surface area contributed by atoms with Gasteiger partial charge in [-0.1, -0.05) is 42.5 Å². The molecule has 1 N–H and O–H groups in total. The largest absolute Gasteiger partial charge is 0.487 e. The van der Waals surface area contributed by atoms with E-state index in [4.69, 9.17) is 14.6 Å². The molecule has 2 aliphatic rings. The van der Waals surface area contributed by atoms with E-state index in [1.165, 1.54) is 12.1 Å². The first-order chi connectivity index (χ1) is 19.8. The van der Waals surface area contributed by atoms with Gasteiger partial charge in [-0.3, -0.25) is 0 Å². The highest BCUT2D eigenvalue weighted by atomic mass is 32.2. The average Bonchev–Trinajstić information content (AvgIpc) is 2.92. The first-order valence-corrected chi connectivity index (χ1v) is 16.0. The lowest BCUT2D eigenvalue weighted by Gasteiger charge is -2.44. The second-order valence-corrected chi connectivity index (χ2v) is 14.4. The zero-order valence-corrected chi connectivity index (χ0v) is 25.1. The summed E-state index contributed by atoms with van der Waals surface area (Å²) in [4.78, 5) is 25.4. The van der Waals surface area contributed by atoms with Gasteiger partial charge >= 0.3 is 12.1 Å². The summed E-state index contributed by atoms with van der Waals surface area (Å²) in [6, 6.07) is 19.7. The average molecular weight is 592 g/mol. The fourth-order valence-electron chi connectivity index (χ4n) is 5.62. The third-order valence-corrected chi connectivity index (χ3v) is 9.34. The van der Waals surface area contributed by atoms with Crippen molar-refractivity contribution in [2.75, 3.05) is 13.1 Å². The summed E-state index contributed by atoms with van der Waals surface area (Å²) >= 11 is 0. The van der Waals surface area contributed by atoms with Gasteiger partial charge in [0, 0.05) is 25.9 Å². The molecule has 42 heavy (non-hydrogen) atoms. The number of rotatable bonds is 6. The number of ether oxygens (including phenoxy) is 2. The second-order valence-electron chi connectivity index (χ2n) is 12.3. The molecule has 1 fully saturated rings. The summed E-state index contributed by atoms with van der Waals surface area (Å²) in [5, 5.41) is 9.17. The minimum Gasteiger partial charge on any atom is -0.487 e. The van der Waals surface area contributed by atoms with Crippen molar-refractivity contribution in [2.24, 2.45) is 0 Å². The number of nitrogens with zero attached hydrogens (tertiary/aromatic N) is 1. The van der Waals surface area contributed by atoms with Gasteiger partial charge in [-0.15, -0.1) is 0 Å². The molecule has 0 aliphatic carbocycles. The number of benzene rings is 3. The highest BCUT2D eigenvalue weighted by Gasteiger charge is 2.41. The van der Waals surface area contributed by atoms with Crippen LogP contribution in [0.3, 0.4) is 0 Å². The smallest absolute Gasteiger partial charge is 0.410 e. The van der Waals surface area contributed by atoms with Crippen molar-refractivity contribution in [3.63, 3.8) is 0 Å². The molecule has 3 aromatic rings. The summed E-state index contributed by atoms with van der Waals surface area (Å²) < 4.78 is 37.7. The van der Waals surface area contributed by atoms with Gasteiger partial charge in [-0.2, -0.15) is 0 Å². The molecule has 222 valence electrons. The Hall–Kier alpha value is -3.85. The number of carboxylic acids is 1. The van der Waals surface area contributed by atoms with Crippen LogP contribution in [0.4, 0.5) is 4.79 Å². The third-order valence-electron chi connectivity index (χ3n) is 7.80. The molecule has 0 bridgehead atoms. The van der Waals surface area contributed by atoms with Crippen LogP contribution < -0.4 is 4.74 Å². The SMILES string of the molecule is CC(C)(C)OC(=O)N1CCC2(CCc3cc(-c4ccc(CS(=O)(=O)Cc5cccc(C(=O)O)c5)cc4)ccc3O2)CC1. The Morgan fingerprint density at radius 1 is 0.905 bits per heavy atom. The molecule has 1 saturated heterocycles. The number of hydrogen-bond acceptors (Lipinski definition) is 6. The van der Waals surface area contributed by atoms with E-state index in [9.17, 15) is 18.0 Å². The van der Waals surface area contributed by atoms with Crippen molar-refractivity contribution in [1.29, 1.82) is 0 Å². The molecule has 3 aromatic carbocycles. The Bertz CT molecular complexity index is 1580. The zero-order valence-electron chi connectivity index (χ0n) is 24.3. The fraction of sp³-hybridized carbons (Fsp3) is 0.394. The van der Waals surface area contributed by atoms with E-state index in [0.717, 1.165) is 48.1 Å². The fourth-order valence-corrected chi connectivity index (χ4v) is 7.11. The predicted molar refractivity (Wildman–Crippen MR) is 160 cm³/mol. The number of aromatic carboxylic acids is 1. The maximum absolute atomic E-state index is 12.8. The number of carboxylic acid groups (broad SMARTS) is 1. The molecule has 2 aliphatic heterocycles. The van der Waals surface area contributed by atoms with Crippen LogP contribution in [-0.2, 0) is 32.5 Å². The third kappa shape index (κ3) is 7.13. The molecule has 5 rings (SSSR count). The van der Waals surface area contributed by atoms with E-state index in [1.54, 1.807) is 17.0 Å². The van der Waals surface area contributed by atoms with Gasteiger partial charge in [-0.05, 0) is 85.7 Å². The van der Waals surface area contributed by atoms with Crippen LogP contribution in [0.15, 0.2) is 66.7 Å². The van der Waals surface area contributed by atoms with Gasteiger partial charge in [0.1, 0.15) is 17.0 Å². The molecule has 0 atom stereocenters. The molecular weight excluding hydrogens is 554 g/mol. The molecular formula is C33H37NO7S. The van der Waals surface area contributed by atoms with Crippen molar-refractivity contribution in [3.05, 3.63) is 89.0 Å². The van der Waals surface area contributed by atoms with E-state index in [-0.39, 0.29) is 28.8 Å². The molecule has 1 amide bonds. The van der Waals surface area contributed by atoms with Crippen LogP contribution in [0, 0.1) is 0 Å². The van der Waals surface area contributed by atoms with Crippen molar-refractivity contribution in [1.82, 2.24) is 4.90 Å². The summed E-state index contributed by atoms with van der Waals surface area (Å²) in [7, 11) is -3.49. The Balaban J connectivity index is 1.20. The lowest BCUT2D eigenvalue weighted by atomic mass is 9.82. The quantitative estimate of drug-likeness (QED) is 0.360. The minimum atomic E-state index is -3.49. The predicted octanol–water partition coefficient (Wildman–Crippen LogP) is 6.26. The lowest BCUT2D eigenvalue weighted by Crippen LogP contribution is -2.52. The highest BCUT2D eigenvalue weighted by molar-refractivity contribution is 7.89. The standard InChI is InChI=1S/C33H37NO7S/c1-32(2,3)41-31(37)34-17-15-33(16-18-34)14-13-27-20-26(11-12-29(27)40-33)25-9-7-23(8-10-25)21-42(38,39)22-24-5-4-6-28(19-24)30(35)36/h4-12,19-20H,13-18,21-22H2,1-3H3,(H,35,36). The van der Waals surface area contributed by atoms with Crippen LogP contribution in [0.25, 0.3) is 11.1 Å². The molecule has 9 heteroatoms. The van der Waals surface area contributed by atoms with Gasteiger partial charge < -0.3 is 19.5 Å². The normalized spacial score (nSPS) is 16.4.